The van der Waals surface area contributed by atoms with Crippen LogP contribution < -0.4 is 4.74 Å². The molecule has 1 saturated heterocycles. The number of piperidine rings is 1. The zero-order chi connectivity index (χ0) is 21.6. The predicted octanol–water partition coefficient (Wildman–Crippen LogP) is 3.33. The predicted molar refractivity (Wildman–Crippen MR) is 121 cm³/mol. The van der Waals surface area contributed by atoms with E-state index in [1.54, 1.807) is 7.11 Å². The molecule has 3 aromatic rings. The normalized spacial score (nSPS) is 20.7. The highest BCUT2D eigenvalue weighted by molar-refractivity contribution is 5.95. The Kier molecular flexibility index (Phi) is 4.99. The molecule has 3 heterocycles. The number of methoxy groups -OCH3 is 1. The highest BCUT2D eigenvalue weighted by Gasteiger charge is 2.48. The maximum absolute atomic E-state index is 13.6. The van der Waals surface area contributed by atoms with Crippen LogP contribution in [0.4, 0.5) is 0 Å². The Hall–Kier alpha value is -2.83. The second-order valence-corrected chi connectivity index (χ2v) is 8.91. The van der Waals surface area contributed by atoms with Gasteiger partial charge >= 0.3 is 0 Å². The number of aliphatic hydroxyl groups excluding tert-OH is 1. The Balaban J connectivity index is 1.68. The first-order chi connectivity index (χ1) is 15.1. The van der Waals surface area contributed by atoms with Gasteiger partial charge in [-0.25, -0.2) is 0 Å². The van der Waals surface area contributed by atoms with E-state index in [9.17, 15) is 9.90 Å². The van der Waals surface area contributed by atoms with Crippen LogP contribution in [0.1, 0.15) is 40.5 Å². The average Bonchev–Trinajstić information content (AvgIpc) is 3.20. The summed E-state index contributed by atoms with van der Waals surface area (Å²) in [4.78, 5) is 21.4. The molecule has 0 aliphatic carbocycles. The highest BCUT2D eigenvalue weighted by Crippen LogP contribution is 2.49. The first-order valence-electron chi connectivity index (χ1n) is 10.9. The van der Waals surface area contributed by atoms with Gasteiger partial charge in [-0.05, 0) is 62.8 Å². The van der Waals surface area contributed by atoms with Crippen molar-refractivity contribution in [3.8, 4) is 5.75 Å². The smallest absolute Gasteiger partial charge is 0.254 e. The van der Waals surface area contributed by atoms with E-state index in [0.717, 1.165) is 42.9 Å². The van der Waals surface area contributed by atoms with Crippen LogP contribution >= 0.6 is 0 Å². The van der Waals surface area contributed by atoms with Crippen molar-refractivity contribution < 1.29 is 14.6 Å². The van der Waals surface area contributed by atoms with Gasteiger partial charge in [0.1, 0.15) is 5.75 Å². The minimum Gasteiger partial charge on any atom is -0.497 e. The fourth-order valence-electron chi connectivity index (χ4n) is 5.42. The van der Waals surface area contributed by atoms with Gasteiger partial charge in [0.25, 0.3) is 5.91 Å². The van der Waals surface area contributed by atoms with Gasteiger partial charge in [-0.2, -0.15) is 0 Å². The molecule has 5 rings (SSSR count). The number of nitrogens with one attached hydrogen (secondary N) is 1. The van der Waals surface area contributed by atoms with Gasteiger partial charge in [0.2, 0.25) is 0 Å². The number of rotatable bonds is 3. The molecule has 1 fully saturated rings. The van der Waals surface area contributed by atoms with Crippen LogP contribution in [0.5, 0.6) is 5.75 Å². The summed E-state index contributed by atoms with van der Waals surface area (Å²) < 4.78 is 5.44. The molecule has 1 spiro atoms. The molecule has 1 amide bonds. The Labute approximate surface area is 182 Å². The minimum absolute atomic E-state index is 0.0279. The van der Waals surface area contributed by atoms with Crippen LogP contribution in [0, 0.1) is 0 Å². The fraction of sp³-hybridized carbons (Fsp3) is 0.400. The number of aromatic nitrogens is 1. The molecule has 6 nitrogen and oxygen atoms in total. The van der Waals surface area contributed by atoms with Crippen molar-refractivity contribution in [1.82, 2.24) is 14.8 Å². The van der Waals surface area contributed by atoms with Gasteiger partial charge in [0.05, 0.1) is 19.8 Å². The number of benzene rings is 2. The molecule has 2 aromatic carbocycles. The lowest BCUT2D eigenvalue weighted by molar-refractivity contribution is 0.0362. The summed E-state index contributed by atoms with van der Waals surface area (Å²) in [6.07, 6.45) is 1.96. The summed E-state index contributed by atoms with van der Waals surface area (Å²) >= 11 is 0. The number of amides is 1. The van der Waals surface area contributed by atoms with Crippen molar-refractivity contribution in [1.29, 1.82) is 0 Å². The summed E-state index contributed by atoms with van der Waals surface area (Å²) in [5.74, 6) is 0.765. The Morgan fingerprint density at radius 1 is 1.19 bits per heavy atom. The number of carbonyl (C=O) groups excluding carboxylic acids is 1. The topological polar surface area (TPSA) is 68.8 Å². The largest absolute Gasteiger partial charge is 0.497 e. The van der Waals surface area contributed by atoms with Gasteiger partial charge in [-0.15, -0.1) is 0 Å². The first kappa shape index (κ1) is 20.1. The number of aromatic amines is 1. The van der Waals surface area contributed by atoms with Crippen LogP contribution in [-0.2, 0) is 5.41 Å². The lowest BCUT2D eigenvalue weighted by Crippen LogP contribution is -2.54. The number of likely N-dealkylation sites (tertiary alicyclic amines) is 1. The summed E-state index contributed by atoms with van der Waals surface area (Å²) in [6, 6.07) is 15.1. The Morgan fingerprint density at radius 3 is 2.61 bits per heavy atom. The van der Waals surface area contributed by atoms with Gasteiger partial charge in [0.15, 0.2) is 0 Å². The molecular weight excluding hydrogens is 390 g/mol. The van der Waals surface area contributed by atoms with E-state index in [2.05, 4.69) is 23.0 Å². The molecule has 31 heavy (non-hydrogen) atoms. The van der Waals surface area contributed by atoms with E-state index in [4.69, 9.17) is 4.74 Å². The Bertz CT molecular complexity index is 1100. The molecule has 2 aliphatic heterocycles. The molecule has 6 heteroatoms. The molecule has 0 unspecified atom stereocenters. The third kappa shape index (κ3) is 3.22. The van der Waals surface area contributed by atoms with Gasteiger partial charge in [-0.1, -0.05) is 18.2 Å². The van der Waals surface area contributed by atoms with E-state index < -0.39 is 6.04 Å². The van der Waals surface area contributed by atoms with Crippen molar-refractivity contribution in [2.45, 2.75) is 24.3 Å². The fourth-order valence-corrected chi connectivity index (χ4v) is 5.42. The molecule has 1 aromatic heterocycles. The van der Waals surface area contributed by atoms with Crippen LogP contribution in [-0.4, -0.2) is 66.2 Å². The Morgan fingerprint density at radius 2 is 1.94 bits per heavy atom. The number of hydrogen-bond acceptors (Lipinski definition) is 4. The summed E-state index contributed by atoms with van der Waals surface area (Å²) in [5, 5.41) is 11.6. The minimum atomic E-state index is -0.397. The molecular formula is C25H29N3O3. The number of nitrogens with zero attached hydrogens (tertiary/aromatic N) is 2. The number of hydrogen-bond donors (Lipinski definition) is 2. The molecule has 2 N–H and O–H groups in total. The van der Waals surface area contributed by atoms with E-state index in [0.29, 0.717) is 12.1 Å². The van der Waals surface area contributed by atoms with Gasteiger partial charge < -0.3 is 24.6 Å². The van der Waals surface area contributed by atoms with Crippen LogP contribution in [0.2, 0.25) is 0 Å². The van der Waals surface area contributed by atoms with Crippen LogP contribution in [0.3, 0.4) is 0 Å². The first-order valence-corrected chi connectivity index (χ1v) is 10.9. The third-order valence-electron chi connectivity index (χ3n) is 7.15. The molecule has 0 saturated carbocycles. The quantitative estimate of drug-likeness (QED) is 0.683. The number of fused-ring (bicyclic) bond motifs is 4. The van der Waals surface area contributed by atoms with Crippen molar-refractivity contribution >= 4 is 16.8 Å². The second-order valence-electron chi connectivity index (χ2n) is 8.91. The number of ether oxygens (including phenoxy) is 1. The highest BCUT2D eigenvalue weighted by atomic mass is 16.5. The molecule has 2 aliphatic rings. The van der Waals surface area contributed by atoms with Crippen LogP contribution in [0.25, 0.3) is 10.9 Å². The summed E-state index contributed by atoms with van der Waals surface area (Å²) in [6.45, 7) is 2.47. The second kappa shape index (κ2) is 7.70. The number of H-pyrrole nitrogens is 1. The van der Waals surface area contributed by atoms with E-state index in [1.165, 1.54) is 10.9 Å². The molecule has 162 valence electrons. The van der Waals surface area contributed by atoms with E-state index in [1.807, 2.05) is 47.4 Å². The zero-order valence-corrected chi connectivity index (χ0v) is 18.1. The van der Waals surface area contributed by atoms with E-state index in [-0.39, 0.29) is 17.9 Å². The number of carbonyl (C=O) groups is 1. The third-order valence-corrected chi connectivity index (χ3v) is 7.15. The van der Waals surface area contributed by atoms with E-state index >= 15 is 0 Å². The SMILES string of the molecule is COc1ccc2c3c([nH]c2c1)[C@H](CO)N(C(=O)c1ccccc1)CC31CCN(C)CC1. The lowest BCUT2D eigenvalue weighted by Gasteiger charge is -2.49. The maximum Gasteiger partial charge on any atom is 0.254 e. The number of aliphatic hydroxyl groups is 1. The lowest BCUT2D eigenvalue weighted by atomic mass is 9.68. The molecule has 1 atom stereocenters. The molecule has 0 bridgehead atoms. The van der Waals surface area contributed by atoms with Gasteiger partial charge in [0, 0.05) is 40.2 Å². The van der Waals surface area contributed by atoms with Gasteiger partial charge in [-0.3, -0.25) is 4.79 Å². The molecule has 0 radical (unpaired) electrons. The van der Waals surface area contributed by atoms with Crippen molar-refractivity contribution in [3.63, 3.8) is 0 Å². The monoisotopic (exact) mass is 419 g/mol. The summed E-state index contributed by atoms with van der Waals surface area (Å²) in [5.41, 5.74) is 3.76. The van der Waals surface area contributed by atoms with Crippen molar-refractivity contribution in [2.75, 3.05) is 40.4 Å². The van der Waals surface area contributed by atoms with Crippen LogP contribution in [0.15, 0.2) is 48.5 Å². The standard InChI is InChI=1S/C25H29N3O3/c1-27-12-10-25(11-13-27)16-28(24(30)17-6-4-3-5-7-17)21(15-29)23-22(25)19-9-8-18(31-2)14-20(19)26-23/h3-9,14,21,26,29H,10-13,15-16H2,1-2H3/t21-/m0/s1. The van der Waals surface area contributed by atoms with Crippen molar-refractivity contribution in [3.05, 3.63) is 65.4 Å². The average molecular weight is 420 g/mol. The maximum atomic E-state index is 13.6. The zero-order valence-electron chi connectivity index (χ0n) is 18.1. The van der Waals surface area contributed by atoms with Crippen molar-refractivity contribution in [2.24, 2.45) is 0 Å². The summed E-state index contributed by atoms with van der Waals surface area (Å²) in [7, 11) is 3.82.